The van der Waals surface area contributed by atoms with E-state index in [-0.39, 0.29) is 5.28 Å². The number of halogens is 2. The van der Waals surface area contributed by atoms with Gasteiger partial charge >= 0.3 is 0 Å². The number of nitrogens with zero attached hydrogens (tertiary/aromatic N) is 3. The van der Waals surface area contributed by atoms with E-state index in [1.165, 1.54) is 6.20 Å². The van der Waals surface area contributed by atoms with Crippen LogP contribution in [-0.2, 0) is 4.57 Å². The van der Waals surface area contributed by atoms with Crippen molar-refractivity contribution in [1.29, 1.82) is 0 Å². The van der Waals surface area contributed by atoms with Crippen molar-refractivity contribution >= 4 is 47.2 Å². The third kappa shape index (κ3) is 4.15. The van der Waals surface area contributed by atoms with Gasteiger partial charge in [0.05, 0.1) is 19.0 Å². The van der Waals surface area contributed by atoms with E-state index in [4.69, 9.17) is 27.9 Å². The molecule has 0 aliphatic carbocycles. The lowest BCUT2D eigenvalue weighted by molar-refractivity contribution is 0.312. The first-order valence-corrected chi connectivity index (χ1v) is 11.2. The normalized spacial score (nSPS) is 17.1. The molecule has 1 aliphatic rings. The highest BCUT2D eigenvalue weighted by atomic mass is 35.5. The Bertz CT molecular complexity index is 838. The number of rotatable bonds is 5. The fourth-order valence-corrected chi connectivity index (χ4v) is 5.92. The zero-order chi connectivity index (χ0) is 18.7. The number of nitrogens with one attached hydrogen (secondary N) is 1. The van der Waals surface area contributed by atoms with Gasteiger partial charge in [-0.3, -0.25) is 0 Å². The predicted octanol–water partition coefficient (Wildman–Crippen LogP) is 3.86. The van der Waals surface area contributed by atoms with Gasteiger partial charge in [-0.25, -0.2) is 4.98 Å². The van der Waals surface area contributed by atoms with Crippen molar-refractivity contribution in [2.45, 2.75) is 6.92 Å². The number of hydrogen-bond acceptors (Lipinski definition) is 6. The Kier molecular flexibility index (Phi) is 6.08. The SMILES string of the molecule is CCN1CCP(=O)(c2ccc(Nc3nc(Cl)ncc3Cl)c(OC)c2)CC1. The Morgan fingerprint density at radius 2 is 2.04 bits per heavy atom. The molecule has 1 N–H and O–H groups in total. The monoisotopic (exact) mass is 414 g/mol. The fraction of sp³-hybridized carbons (Fsp3) is 0.412. The Morgan fingerprint density at radius 1 is 1.31 bits per heavy atom. The molecule has 0 bridgehead atoms. The first-order chi connectivity index (χ1) is 12.4. The Morgan fingerprint density at radius 3 is 2.69 bits per heavy atom. The molecule has 1 fully saturated rings. The van der Waals surface area contributed by atoms with Crippen LogP contribution in [0.3, 0.4) is 0 Å². The molecule has 3 rings (SSSR count). The lowest BCUT2D eigenvalue weighted by Crippen LogP contribution is -2.36. The van der Waals surface area contributed by atoms with E-state index >= 15 is 0 Å². The van der Waals surface area contributed by atoms with E-state index in [0.29, 0.717) is 34.6 Å². The second kappa shape index (κ2) is 8.13. The molecule has 0 saturated carbocycles. The highest BCUT2D eigenvalue weighted by Gasteiger charge is 2.30. The largest absolute Gasteiger partial charge is 0.495 e. The summed E-state index contributed by atoms with van der Waals surface area (Å²) in [6.45, 7) is 4.86. The summed E-state index contributed by atoms with van der Waals surface area (Å²) in [5.74, 6) is 0.974. The van der Waals surface area contributed by atoms with E-state index in [9.17, 15) is 4.57 Å². The van der Waals surface area contributed by atoms with Crippen LogP contribution in [0, 0.1) is 0 Å². The Balaban J connectivity index is 1.86. The molecule has 0 atom stereocenters. The average Bonchev–Trinajstić information content (AvgIpc) is 2.65. The molecule has 0 spiro atoms. The average molecular weight is 415 g/mol. The van der Waals surface area contributed by atoms with Gasteiger partial charge in [0.1, 0.15) is 17.9 Å². The summed E-state index contributed by atoms with van der Waals surface area (Å²) >= 11 is 11.9. The van der Waals surface area contributed by atoms with Gasteiger partial charge in [-0.05, 0) is 36.3 Å². The molecular formula is C17H21Cl2N4O2P. The minimum absolute atomic E-state index is 0.0969. The fourth-order valence-electron chi connectivity index (χ4n) is 3.00. The third-order valence-electron chi connectivity index (χ3n) is 4.63. The van der Waals surface area contributed by atoms with Crippen molar-refractivity contribution in [2.75, 3.05) is 44.4 Å². The molecule has 0 amide bonds. The molecule has 2 heterocycles. The summed E-state index contributed by atoms with van der Waals surface area (Å²) in [5, 5.41) is 4.39. The third-order valence-corrected chi connectivity index (χ3v) is 8.15. The van der Waals surface area contributed by atoms with Crippen LogP contribution in [-0.4, -0.2) is 53.9 Å². The smallest absolute Gasteiger partial charge is 0.224 e. The molecule has 2 aromatic rings. The van der Waals surface area contributed by atoms with Gasteiger partial charge in [-0.2, -0.15) is 4.98 Å². The van der Waals surface area contributed by atoms with Gasteiger partial charge in [-0.1, -0.05) is 18.5 Å². The summed E-state index contributed by atoms with van der Waals surface area (Å²) in [4.78, 5) is 10.2. The maximum atomic E-state index is 13.4. The van der Waals surface area contributed by atoms with E-state index in [1.807, 2.05) is 18.2 Å². The number of benzene rings is 1. The summed E-state index contributed by atoms with van der Waals surface area (Å²) in [5.41, 5.74) is 0.673. The van der Waals surface area contributed by atoms with Crippen LogP contribution in [0.25, 0.3) is 0 Å². The first-order valence-electron chi connectivity index (χ1n) is 8.39. The van der Waals surface area contributed by atoms with Crippen LogP contribution in [0.2, 0.25) is 10.3 Å². The van der Waals surface area contributed by atoms with Crippen molar-refractivity contribution < 1.29 is 9.30 Å². The number of aromatic nitrogens is 2. The number of methoxy groups -OCH3 is 1. The summed E-state index contributed by atoms with van der Waals surface area (Å²) in [7, 11) is -0.821. The summed E-state index contributed by atoms with van der Waals surface area (Å²) < 4.78 is 18.9. The standard InChI is InChI=1S/C17H21Cl2N4O2P/c1-3-23-6-8-26(24,9-7-23)12-4-5-14(15(10-12)25-2)21-16-13(18)11-20-17(19)22-16/h4-5,10-11H,3,6-9H2,1-2H3,(H,20,21,22). The molecule has 1 aromatic heterocycles. The zero-order valence-corrected chi connectivity index (χ0v) is 17.1. The van der Waals surface area contributed by atoms with Crippen molar-refractivity contribution in [3.63, 3.8) is 0 Å². The van der Waals surface area contributed by atoms with Crippen LogP contribution in [0.4, 0.5) is 11.5 Å². The maximum absolute atomic E-state index is 13.4. The lowest BCUT2D eigenvalue weighted by atomic mass is 10.3. The van der Waals surface area contributed by atoms with Crippen LogP contribution < -0.4 is 15.4 Å². The van der Waals surface area contributed by atoms with Gasteiger partial charge in [0.15, 0.2) is 5.82 Å². The molecule has 0 unspecified atom stereocenters. The van der Waals surface area contributed by atoms with Crippen LogP contribution in [0.5, 0.6) is 5.75 Å². The topological polar surface area (TPSA) is 67.4 Å². The molecule has 6 nitrogen and oxygen atoms in total. The van der Waals surface area contributed by atoms with E-state index in [0.717, 1.165) is 24.9 Å². The number of ether oxygens (including phenoxy) is 1. The molecule has 1 aromatic carbocycles. The molecule has 26 heavy (non-hydrogen) atoms. The zero-order valence-electron chi connectivity index (χ0n) is 14.7. The first kappa shape index (κ1) is 19.4. The van der Waals surface area contributed by atoms with E-state index in [2.05, 4.69) is 27.1 Å². The molecule has 9 heteroatoms. The van der Waals surface area contributed by atoms with E-state index < -0.39 is 7.14 Å². The number of hydrogen-bond donors (Lipinski definition) is 1. The van der Waals surface area contributed by atoms with Crippen molar-refractivity contribution in [3.8, 4) is 5.75 Å². The molecule has 1 aliphatic heterocycles. The lowest BCUT2D eigenvalue weighted by Gasteiger charge is -2.31. The van der Waals surface area contributed by atoms with Crippen molar-refractivity contribution in [1.82, 2.24) is 14.9 Å². The van der Waals surface area contributed by atoms with Crippen molar-refractivity contribution in [2.24, 2.45) is 0 Å². The number of anilines is 2. The van der Waals surface area contributed by atoms with Crippen LogP contribution >= 0.6 is 30.3 Å². The molecule has 0 radical (unpaired) electrons. The Hall–Kier alpha value is -1.33. The predicted molar refractivity (Wildman–Crippen MR) is 107 cm³/mol. The van der Waals surface area contributed by atoms with E-state index in [1.54, 1.807) is 7.11 Å². The molecule has 140 valence electrons. The maximum Gasteiger partial charge on any atom is 0.224 e. The highest BCUT2D eigenvalue weighted by molar-refractivity contribution is 7.71. The van der Waals surface area contributed by atoms with Gasteiger partial charge in [0.2, 0.25) is 5.28 Å². The minimum atomic E-state index is -2.40. The van der Waals surface area contributed by atoms with Gasteiger partial charge in [0, 0.05) is 30.7 Å². The minimum Gasteiger partial charge on any atom is -0.495 e. The van der Waals surface area contributed by atoms with Gasteiger partial charge < -0.3 is 19.5 Å². The summed E-state index contributed by atoms with van der Waals surface area (Å²) in [6, 6.07) is 5.58. The van der Waals surface area contributed by atoms with Gasteiger partial charge in [0.25, 0.3) is 0 Å². The quantitative estimate of drug-likeness (QED) is 0.591. The Labute approximate surface area is 163 Å². The summed E-state index contributed by atoms with van der Waals surface area (Å²) in [6.07, 6.45) is 2.83. The second-order valence-corrected chi connectivity index (χ2v) is 10.1. The highest BCUT2D eigenvalue weighted by Crippen LogP contribution is 2.47. The molecular weight excluding hydrogens is 394 g/mol. The second-order valence-electron chi connectivity index (χ2n) is 6.12. The molecule has 1 saturated heterocycles. The van der Waals surface area contributed by atoms with Crippen molar-refractivity contribution in [3.05, 3.63) is 34.7 Å². The van der Waals surface area contributed by atoms with Gasteiger partial charge in [-0.15, -0.1) is 0 Å². The van der Waals surface area contributed by atoms with Crippen LogP contribution in [0.15, 0.2) is 24.4 Å². The van der Waals surface area contributed by atoms with Crippen LogP contribution in [0.1, 0.15) is 6.92 Å².